The number of aromatic nitrogens is 3. The van der Waals surface area contributed by atoms with E-state index >= 15 is 0 Å². The number of benzene rings is 1. The van der Waals surface area contributed by atoms with Crippen molar-refractivity contribution in [2.45, 2.75) is 19.6 Å². The van der Waals surface area contributed by atoms with Crippen LogP contribution in [0.25, 0.3) is 22.0 Å². The van der Waals surface area contributed by atoms with Crippen LogP contribution >= 0.6 is 23.5 Å². The van der Waals surface area contributed by atoms with E-state index in [1.54, 1.807) is 11.9 Å². The highest BCUT2D eigenvalue weighted by molar-refractivity contribution is 7.97. The largest absolute Gasteiger partial charge is 0.375 e. The lowest BCUT2D eigenvalue weighted by atomic mass is 9.94. The molecule has 1 aliphatic rings. The molecule has 2 aromatic heterocycles. The number of H-pyrrole nitrogens is 1. The summed E-state index contributed by atoms with van der Waals surface area (Å²) in [6.07, 6.45) is 3.84. The summed E-state index contributed by atoms with van der Waals surface area (Å²) < 4.78 is 9.27. The van der Waals surface area contributed by atoms with Crippen molar-refractivity contribution in [1.29, 1.82) is 0 Å². The van der Waals surface area contributed by atoms with E-state index in [9.17, 15) is 0 Å². The maximum absolute atomic E-state index is 6.07. The Hall–Kier alpha value is -1.60. The lowest BCUT2D eigenvalue weighted by molar-refractivity contribution is 0.0892. The molecule has 2 N–H and O–H groups in total. The van der Waals surface area contributed by atoms with Gasteiger partial charge in [-0.2, -0.15) is 5.10 Å². The zero-order valence-corrected chi connectivity index (χ0v) is 14.7. The van der Waals surface area contributed by atoms with Crippen LogP contribution in [-0.4, -0.2) is 27.5 Å². The van der Waals surface area contributed by atoms with Gasteiger partial charge in [-0.25, -0.2) is 0 Å². The van der Waals surface area contributed by atoms with Crippen molar-refractivity contribution < 1.29 is 4.74 Å². The van der Waals surface area contributed by atoms with Crippen LogP contribution in [0.2, 0.25) is 5.15 Å². The summed E-state index contributed by atoms with van der Waals surface area (Å²) in [4.78, 5) is 4.46. The monoisotopic (exact) mass is 360 g/mol. The zero-order valence-electron chi connectivity index (χ0n) is 13.2. The molecule has 0 saturated carbocycles. The third-order valence-electron chi connectivity index (χ3n) is 4.19. The van der Waals surface area contributed by atoms with Crippen molar-refractivity contribution in [1.82, 2.24) is 19.9 Å². The Balaban J connectivity index is 1.77. The minimum absolute atomic E-state index is 0.163. The van der Waals surface area contributed by atoms with Gasteiger partial charge in [0.25, 0.3) is 0 Å². The van der Waals surface area contributed by atoms with Crippen molar-refractivity contribution in [3.63, 3.8) is 0 Å². The van der Waals surface area contributed by atoms with Gasteiger partial charge in [-0.3, -0.25) is 14.8 Å². The van der Waals surface area contributed by atoms with Crippen LogP contribution in [0, 0.1) is 0 Å². The van der Waals surface area contributed by atoms with Gasteiger partial charge in [0.15, 0.2) is 5.15 Å². The second kappa shape index (κ2) is 6.72. The van der Waals surface area contributed by atoms with Crippen LogP contribution in [0.15, 0.2) is 30.6 Å². The number of fused-ring (bicyclic) bond motifs is 2. The van der Waals surface area contributed by atoms with Gasteiger partial charge in [-0.15, -0.1) is 0 Å². The second-order valence-corrected chi connectivity index (χ2v) is 7.11. The maximum atomic E-state index is 6.07. The quantitative estimate of drug-likeness (QED) is 0.685. The molecule has 4 rings (SSSR count). The molecule has 3 heterocycles. The molecule has 0 amide bonds. The molecule has 1 aliphatic heterocycles. The van der Waals surface area contributed by atoms with E-state index < -0.39 is 0 Å². The molecule has 7 heteroatoms. The number of hydrogen-bond acceptors (Lipinski definition) is 5. The maximum Gasteiger partial charge on any atom is 0.158 e. The highest BCUT2D eigenvalue weighted by Crippen LogP contribution is 2.34. The molecule has 0 aliphatic carbocycles. The molecular formula is C17H17ClN4OS. The van der Waals surface area contributed by atoms with Gasteiger partial charge in [-0.1, -0.05) is 36.5 Å². The van der Waals surface area contributed by atoms with Gasteiger partial charge >= 0.3 is 0 Å². The first kappa shape index (κ1) is 15.9. The van der Waals surface area contributed by atoms with E-state index in [0.717, 1.165) is 27.8 Å². The lowest BCUT2D eigenvalue weighted by Crippen LogP contribution is -2.26. The predicted octanol–water partition coefficient (Wildman–Crippen LogP) is 4.11. The van der Waals surface area contributed by atoms with Crippen molar-refractivity contribution >= 4 is 34.5 Å². The SMILES string of the molecule is CCSNC1COCc2c(-c3ccc4c(Cl)n[nH]c4c3)cncc21. The summed E-state index contributed by atoms with van der Waals surface area (Å²) in [5.41, 5.74) is 5.49. The number of hydrogen-bond donors (Lipinski definition) is 2. The first-order chi connectivity index (χ1) is 11.8. The summed E-state index contributed by atoms with van der Waals surface area (Å²) >= 11 is 7.77. The predicted molar refractivity (Wildman–Crippen MR) is 98.0 cm³/mol. The number of aromatic amines is 1. The lowest BCUT2D eigenvalue weighted by Gasteiger charge is -2.27. The first-order valence-electron chi connectivity index (χ1n) is 7.83. The fourth-order valence-corrected chi connectivity index (χ4v) is 3.79. The van der Waals surface area contributed by atoms with E-state index in [1.807, 2.05) is 18.5 Å². The van der Waals surface area contributed by atoms with Crippen LogP contribution in [0.1, 0.15) is 24.1 Å². The molecule has 0 bridgehead atoms. The van der Waals surface area contributed by atoms with Crippen molar-refractivity contribution in [2.75, 3.05) is 12.4 Å². The molecule has 3 aromatic rings. The number of pyridine rings is 1. The van der Waals surface area contributed by atoms with Gasteiger partial charge in [0.05, 0.1) is 24.8 Å². The number of nitrogens with zero attached hydrogens (tertiary/aromatic N) is 2. The Kier molecular flexibility index (Phi) is 4.45. The number of ether oxygens (including phenoxy) is 1. The van der Waals surface area contributed by atoms with Gasteiger partial charge < -0.3 is 4.74 Å². The fraction of sp³-hybridized carbons (Fsp3) is 0.294. The smallest absolute Gasteiger partial charge is 0.158 e. The third kappa shape index (κ3) is 2.80. The van der Waals surface area contributed by atoms with Crippen LogP contribution < -0.4 is 4.72 Å². The number of rotatable bonds is 4. The summed E-state index contributed by atoms with van der Waals surface area (Å²) in [6, 6.07) is 6.27. The van der Waals surface area contributed by atoms with E-state index in [4.69, 9.17) is 16.3 Å². The molecule has 0 saturated heterocycles. The molecule has 24 heavy (non-hydrogen) atoms. The van der Waals surface area contributed by atoms with Gasteiger partial charge in [-0.05, 0) is 28.8 Å². The highest BCUT2D eigenvalue weighted by atomic mass is 35.5. The van der Waals surface area contributed by atoms with E-state index in [2.05, 4.69) is 39.0 Å². The average molecular weight is 361 g/mol. The van der Waals surface area contributed by atoms with E-state index in [-0.39, 0.29) is 6.04 Å². The Morgan fingerprint density at radius 1 is 1.42 bits per heavy atom. The molecule has 1 aromatic carbocycles. The van der Waals surface area contributed by atoms with Crippen molar-refractivity contribution in [3.05, 3.63) is 46.9 Å². The Morgan fingerprint density at radius 2 is 2.33 bits per heavy atom. The summed E-state index contributed by atoms with van der Waals surface area (Å²) in [5, 5.41) is 8.44. The number of halogens is 1. The molecule has 124 valence electrons. The molecule has 0 fully saturated rings. The summed E-state index contributed by atoms with van der Waals surface area (Å²) in [6.45, 7) is 3.39. The van der Waals surface area contributed by atoms with Gasteiger partial charge in [0, 0.05) is 29.1 Å². The van der Waals surface area contributed by atoms with Crippen LogP contribution in [0.3, 0.4) is 0 Å². The van der Waals surface area contributed by atoms with Crippen molar-refractivity contribution in [2.24, 2.45) is 0 Å². The molecule has 0 spiro atoms. The van der Waals surface area contributed by atoms with E-state index in [0.29, 0.717) is 18.4 Å². The second-order valence-electron chi connectivity index (χ2n) is 5.65. The van der Waals surface area contributed by atoms with Gasteiger partial charge in [0.2, 0.25) is 0 Å². The molecule has 5 nitrogen and oxygen atoms in total. The average Bonchev–Trinajstić information content (AvgIpc) is 3.00. The molecule has 1 unspecified atom stereocenters. The van der Waals surface area contributed by atoms with E-state index in [1.165, 1.54) is 11.1 Å². The standard InChI is InChI=1S/C17H17ClN4OS/c1-2-24-22-16-9-23-8-14-12(6-19-7-13(14)16)10-3-4-11-15(5-10)20-21-17(11)18/h3-7,16,22H,2,8-9H2,1H3,(H,20,21). The third-order valence-corrected chi connectivity index (χ3v) is 5.22. The Labute approximate surface area is 149 Å². The molecule has 1 atom stereocenters. The van der Waals surface area contributed by atoms with Crippen LogP contribution in [0.5, 0.6) is 0 Å². The van der Waals surface area contributed by atoms with Crippen molar-refractivity contribution in [3.8, 4) is 11.1 Å². The summed E-state index contributed by atoms with van der Waals surface area (Å²) in [7, 11) is 0. The van der Waals surface area contributed by atoms with Crippen LogP contribution in [0.4, 0.5) is 0 Å². The molecular weight excluding hydrogens is 344 g/mol. The van der Waals surface area contributed by atoms with Gasteiger partial charge in [0.1, 0.15) is 0 Å². The zero-order chi connectivity index (χ0) is 16.5. The highest BCUT2D eigenvalue weighted by Gasteiger charge is 2.24. The summed E-state index contributed by atoms with van der Waals surface area (Å²) in [5.74, 6) is 1.01. The van der Waals surface area contributed by atoms with Crippen LogP contribution in [-0.2, 0) is 11.3 Å². The Bertz CT molecular complexity index is 882. The minimum atomic E-state index is 0.163. The minimum Gasteiger partial charge on any atom is -0.375 e. The first-order valence-corrected chi connectivity index (χ1v) is 9.20. The Morgan fingerprint density at radius 3 is 3.21 bits per heavy atom. The topological polar surface area (TPSA) is 62.8 Å². The fourth-order valence-electron chi connectivity index (χ4n) is 3.02. The molecule has 0 radical (unpaired) electrons. The normalized spacial score (nSPS) is 17.2. The number of nitrogens with one attached hydrogen (secondary N) is 2.